The van der Waals surface area contributed by atoms with Gasteiger partial charge in [-0.25, -0.2) is 4.68 Å². The van der Waals surface area contributed by atoms with Crippen LogP contribution in [0.4, 0.5) is 5.69 Å². The van der Waals surface area contributed by atoms with Crippen LogP contribution in [0.3, 0.4) is 0 Å². The van der Waals surface area contributed by atoms with Crippen molar-refractivity contribution in [2.45, 2.75) is 12.7 Å². The molecule has 0 aliphatic carbocycles. The van der Waals surface area contributed by atoms with Crippen molar-refractivity contribution >= 4 is 34.1 Å². The Morgan fingerprint density at radius 1 is 0.967 bits per heavy atom. The van der Waals surface area contributed by atoms with E-state index in [1.165, 1.54) is 28.1 Å². The summed E-state index contributed by atoms with van der Waals surface area (Å²) in [7, 11) is 1.81. The second-order valence-electron chi connectivity index (χ2n) is 7.12. The van der Waals surface area contributed by atoms with Gasteiger partial charge in [0.25, 0.3) is 5.56 Å². The van der Waals surface area contributed by atoms with Crippen molar-refractivity contribution in [2.75, 3.05) is 11.1 Å². The molecule has 1 aromatic heterocycles. The molecule has 1 N–H and O–H groups in total. The molecule has 0 fully saturated rings. The lowest BCUT2D eigenvalue weighted by atomic mass is 10.1. The van der Waals surface area contributed by atoms with Crippen LogP contribution in [0.15, 0.2) is 77.6 Å². The second-order valence-corrected chi connectivity index (χ2v) is 8.10. The fourth-order valence-electron chi connectivity index (χ4n) is 3.56. The summed E-state index contributed by atoms with van der Waals surface area (Å²) >= 11 is 1.54. The van der Waals surface area contributed by atoms with Crippen LogP contribution in [0.25, 0.3) is 16.5 Å². The average molecular weight is 418 g/mol. The van der Waals surface area contributed by atoms with Gasteiger partial charge < -0.3 is 5.32 Å². The van der Waals surface area contributed by atoms with Gasteiger partial charge in [-0.05, 0) is 35.4 Å². The Morgan fingerprint density at radius 2 is 1.67 bits per heavy atom. The number of carbonyl (C=O) groups excluding carboxylic acids is 1. The van der Waals surface area contributed by atoms with Gasteiger partial charge in [0.1, 0.15) is 5.69 Å². The number of hydrogen-bond donors (Lipinski definition) is 1. The first-order valence-corrected chi connectivity index (χ1v) is 10.9. The molecule has 0 aliphatic rings. The standard InChI is InChI=1S/C24H23N3O2S/c1-17-23(24(29)27(26(17)2)20-12-4-3-5-13-20)25-22(28)16-30-15-19-11-8-10-18-9-6-7-14-21(18)19/h3-14H,15-16H2,1-2H3,(H,25,28). The Balaban J connectivity index is 1.45. The van der Waals surface area contributed by atoms with Gasteiger partial charge in [0.2, 0.25) is 5.91 Å². The van der Waals surface area contributed by atoms with E-state index in [0.29, 0.717) is 5.69 Å². The molecular formula is C24H23N3O2S. The van der Waals surface area contributed by atoms with E-state index < -0.39 is 0 Å². The van der Waals surface area contributed by atoms with Crippen molar-refractivity contribution in [3.63, 3.8) is 0 Å². The van der Waals surface area contributed by atoms with Crippen LogP contribution in [0.5, 0.6) is 0 Å². The molecule has 152 valence electrons. The quantitative estimate of drug-likeness (QED) is 0.502. The number of anilines is 1. The van der Waals surface area contributed by atoms with Gasteiger partial charge in [0.15, 0.2) is 0 Å². The summed E-state index contributed by atoms with van der Waals surface area (Å²) in [6.45, 7) is 1.83. The Labute approximate surface area is 179 Å². The van der Waals surface area contributed by atoms with Crippen molar-refractivity contribution in [1.29, 1.82) is 0 Å². The number of carbonyl (C=O) groups is 1. The molecule has 5 nitrogen and oxygen atoms in total. The lowest BCUT2D eigenvalue weighted by Crippen LogP contribution is -2.23. The van der Waals surface area contributed by atoms with Gasteiger partial charge in [0, 0.05) is 12.8 Å². The molecule has 0 radical (unpaired) electrons. The van der Waals surface area contributed by atoms with E-state index in [1.54, 1.807) is 9.36 Å². The van der Waals surface area contributed by atoms with E-state index in [1.807, 2.05) is 62.5 Å². The first-order valence-electron chi connectivity index (χ1n) is 9.74. The molecule has 1 heterocycles. The summed E-state index contributed by atoms with van der Waals surface area (Å²) in [5, 5.41) is 5.22. The largest absolute Gasteiger partial charge is 0.319 e. The minimum atomic E-state index is -0.228. The lowest BCUT2D eigenvalue weighted by Gasteiger charge is -2.07. The lowest BCUT2D eigenvalue weighted by molar-refractivity contribution is -0.113. The van der Waals surface area contributed by atoms with Gasteiger partial charge in [-0.2, -0.15) is 0 Å². The third kappa shape index (κ3) is 3.91. The molecule has 0 spiro atoms. The summed E-state index contributed by atoms with van der Waals surface area (Å²) in [6.07, 6.45) is 0. The maximum atomic E-state index is 12.9. The van der Waals surface area contributed by atoms with E-state index in [4.69, 9.17) is 0 Å². The molecule has 0 atom stereocenters. The second kappa shape index (κ2) is 8.63. The highest BCUT2D eigenvalue weighted by molar-refractivity contribution is 7.99. The highest BCUT2D eigenvalue weighted by Gasteiger charge is 2.18. The number of amides is 1. The molecule has 0 aliphatic heterocycles. The summed E-state index contributed by atoms with van der Waals surface area (Å²) in [4.78, 5) is 25.4. The molecule has 1 amide bonds. The van der Waals surface area contributed by atoms with Crippen molar-refractivity contribution < 1.29 is 4.79 Å². The zero-order valence-corrected chi connectivity index (χ0v) is 17.8. The van der Waals surface area contributed by atoms with E-state index in [2.05, 4.69) is 29.6 Å². The SMILES string of the molecule is Cc1c(NC(=O)CSCc2cccc3ccccc23)c(=O)n(-c2ccccc2)n1C. The highest BCUT2D eigenvalue weighted by atomic mass is 32.2. The zero-order chi connectivity index (χ0) is 21.1. The van der Waals surface area contributed by atoms with Crippen molar-refractivity contribution in [1.82, 2.24) is 9.36 Å². The summed E-state index contributed by atoms with van der Waals surface area (Å²) in [6, 6.07) is 23.9. The monoisotopic (exact) mass is 417 g/mol. The van der Waals surface area contributed by atoms with E-state index >= 15 is 0 Å². The summed E-state index contributed by atoms with van der Waals surface area (Å²) in [5.74, 6) is 0.838. The topological polar surface area (TPSA) is 56.0 Å². The Morgan fingerprint density at radius 3 is 2.47 bits per heavy atom. The zero-order valence-electron chi connectivity index (χ0n) is 17.0. The van der Waals surface area contributed by atoms with Crippen LogP contribution >= 0.6 is 11.8 Å². The molecule has 0 bridgehead atoms. The van der Waals surface area contributed by atoms with Gasteiger partial charge in [-0.15, -0.1) is 11.8 Å². The number of aromatic nitrogens is 2. The minimum Gasteiger partial charge on any atom is -0.319 e. The van der Waals surface area contributed by atoms with E-state index in [9.17, 15) is 9.59 Å². The number of fused-ring (bicyclic) bond motifs is 1. The van der Waals surface area contributed by atoms with Crippen LogP contribution in [-0.2, 0) is 17.6 Å². The molecule has 30 heavy (non-hydrogen) atoms. The number of rotatable bonds is 6. The van der Waals surface area contributed by atoms with Gasteiger partial charge in [-0.1, -0.05) is 60.7 Å². The minimum absolute atomic E-state index is 0.175. The van der Waals surface area contributed by atoms with Crippen molar-refractivity contribution in [3.05, 3.63) is 94.4 Å². The number of hydrogen-bond acceptors (Lipinski definition) is 3. The Bertz CT molecular complexity index is 1250. The molecule has 0 unspecified atom stereocenters. The molecule has 0 saturated heterocycles. The summed E-state index contributed by atoms with van der Waals surface area (Å²) < 4.78 is 3.32. The first-order chi connectivity index (χ1) is 14.6. The fourth-order valence-corrected chi connectivity index (χ4v) is 4.39. The number of para-hydroxylation sites is 1. The molecule has 4 rings (SSSR count). The predicted octanol–water partition coefficient (Wildman–Crippen LogP) is 4.51. The highest BCUT2D eigenvalue weighted by Crippen LogP contribution is 2.23. The first kappa shape index (κ1) is 20.0. The normalized spacial score (nSPS) is 11.0. The summed E-state index contributed by atoms with van der Waals surface area (Å²) in [5.41, 5.74) is 2.79. The smallest absolute Gasteiger partial charge is 0.295 e. The van der Waals surface area contributed by atoms with Crippen LogP contribution < -0.4 is 10.9 Å². The van der Waals surface area contributed by atoms with Crippen molar-refractivity contribution in [2.24, 2.45) is 7.05 Å². The predicted molar refractivity (Wildman–Crippen MR) is 124 cm³/mol. The molecule has 3 aromatic carbocycles. The van der Waals surface area contributed by atoms with Crippen LogP contribution in [0, 0.1) is 6.92 Å². The molecule has 6 heteroatoms. The number of thioether (sulfide) groups is 1. The molecule has 0 saturated carbocycles. The maximum absolute atomic E-state index is 12.9. The van der Waals surface area contributed by atoms with Crippen LogP contribution in [0.2, 0.25) is 0 Å². The number of nitrogens with one attached hydrogen (secondary N) is 1. The molecule has 4 aromatic rings. The third-order valence-electron chi connectivity index (χ3n) is 5.19. The number of benzene rings is 3. The molecular weight excluding hydrogens is 394 g/mol. The average Bonchev–Trinajstić information content (AvgIpc) is 2.97. The van der Waals surface area contributed by atoms with E-state index in [-0.39, 0.29) is 17.2 Å². The Kier molecular flexibility index (Phi) is 5.77. The van der Waals surface area contributed by atoms with Crippen LogP contribution in [0.1, 0.15) is 11.3 Å². The van der Waals surface area contributed by atoms with Gasteiger partial charge in [0.05, 0.1) is 17.1 Å². The van der Waals surface area contributed by atoms with Gasteiger partial charge >= 0.3 is 0 Å². The van der Waals surface area contributed by atoms with E-state index in [0.717, 1.165) is 17.1 Å². The Hall–Kier alpha value is -3.25. The third-order valence-corrected chi connectivity index (χ3v) is 6.17. The fraction of sp³-hybridized carbons (Fsp3) is 0.167. The van der Waals surface area contributed by atoms with Gasteiger partial charge in [-0.3, -0.25) is 14.3 Å². The maximum Gasteiger partial charge on any atom is 0.295 e. The number of nitrogens with zero attached hydrogens (tertiary/aromatic N) is 2. The van der Waals surface area contributed by atoms with Crippen LogP contribution in [-0.4, -0.2) is 21.0 Å². The van der Waals surface area contributed by atoms with Crippen molar-refractivity contribution in [3.8, 4) is 5.69 Å².